The van der Waals surface area contributed by atoms with Crippen LogP contribution in [0.5, 0.6) is 0 Å². The molecular weight excluding hydrogens is 210 g/mol. The Bertz CT molecular complexity index is 291. The first-order valence-corrected chi connectivity index (χ1v) is 5.69. The van der Waals surface area contributed by atoms with Crippen molar-refractivity contribution in [3.8, 4) is 0 Å². The van der Waals surface area contributed by atoms with Gasteiger partial charge in [0.1, 0.15) is 0 Å². The minimum Gasteiger partial charge on any atom is -0.396 e. The lowest BCUT2D eigenvalue weighted by molar-refractivity contribution is 0.276. The molecule has 0 aliphatic rings. The van der Waals surface area contributed by atoms with Crippen molar-refractivity contribution < 1.29 is 5.11 Å². The molecule has 15 heavy (non-hydrogen) atoms. The maximum Gasteiger partial charge on any atom is 0.0450 e. The van der Waals surface area contributed by atoms with E-state index < -0.39 is 0 Å². The highest BCUT2D eigenvalue weighted by molar-refractivity contribution is 6.31. The normalized spacial score (nSPS) is 12.7. The lowest BCUT2D eigenvalue weighted by Crippen LogP contribution is -2.25. The second-order valence-electron chi connectivity index (χ2n) is 3.74. The summed E-state index contributed by atoms with van der Waals surface area (Å²) in [6.45, 7) is 3.16. The molecule has 2 N–H and O–H groups in total. The van der Waals surface area contributed by atoms with E-state index in [1.54, 1.807) is 0 Å². The number of halogens is 1. The zero-order valence-corrected chi connectivity index (χ0v) is 9.80. The molecule has 84 valence electrons. The fourth-order valence-corrected chi connectivity index (χ4v) is 1.63. The lowest BCUT2D eigenvalue weighted by atomic mass is 10.1. The number of nitrogens with one attached hydrogen (secondary N) is 1. The van der Waals surface area contributed by atoms with E-state index in [9.17, 15) is 0 Å². The molecule has 2 nitrogen and oxygen atoms in total. The Balaban J connectivity index is 2.33. The lowest BCUT2D eigenvalue weighted by Gasteiger charge is -2.13. The van der Waals surface area contributed by atoms with E-state index in [1.807, 2.05) is 24.3 Å². The van der Waals surface area contributed by atoms with Crippen LogP contribution in [0.2, 0.25) is 5.02 Å². The molecule has 1 aromatic carbocycles. The topological polar surface area (TPSA) is 32.3 Å². The van der Waals surface area contributed by atoms with Crippen LogP contribution in [0.3, 0.4) is 0 Å². The summed E-state index contributed by atoms with van der Waals surface area (Å²) in [7, 11) is 0. The first-order valence-electron chi connectivity index (χ1n) is 5.31. The fraction of sp³-hybridized carbons (Fsp3) is 0.500. The molecule has 0 saturated heterocycles. The molecule has 0 aliphatic heterocycles. The Morgan fingerprint density at radius 1 is 1.40 bits per heavy atom. The largest absolute Gasteiger partial charge is 0.396 e. The monoisotopic (exact) mass is 227 g/mol. The second-order valence-corrected chi connectivity index (χ2v) is 4.15. The van der Waals surface area contributed by atoms with E-state index in [2.05, 4.69) is 12.2 Å². The predicted molar refractivity (Wildman–Crippen MR) is 64.1 cm³/mol. The van der Waals surface area contributed by atoms with E-state index in [-0.39, 0.29) is 6.61 Å². The summed E-state index contributed by atoms with van der Waals surface area (Å²) < 4.78 is 0. The molecule has 1 atom stereocenters. The van der Waals surface area contributed by atoms with Crippen molar-refractivity contribution in [1.29, 1.82) is 0 Å². The maximum absolute atomic E-state index is 8.70. The van der Waals surface area contributed by atoms with Crippen LogP contribution in [-0.2, 0) is 6.54 Å². The summed E-state index contributed by atoms with van der Waals surface area (Å²) in [5.74, 6) is 0. The molecule has 1 unspecified atom stereocenters. The molecule has 0 fully saturated rings. The quantitative estimate of drug-likeness (QED) is 0.783. The highest BCUT2D eigenvalue weighted by Crippen LogP contribution is 2.14. The highest BCUT2D eigenvalue weighted by Gasteiger charge is 2.02. The number of aliphatic hydroxyl groups excluding tert-OH is 1. The van der Waals surface area contributed by atoms with Crippen LogP contribution in [0, 0.1) is 0 Å². The molecule has 0 aliphatic carbocycles. The average molecular weight is 228 g/mol. The Hall–Kier alpha value is -0.570. The van der Waals surface area contributed by atoms with Crippen molar-refractivity contribution in [3.05, 3.63) is 34.9 Å². The van der Waals surface area contributed by atoms with Gasteiger partial charge in [-0.1, -0.05) is 29.8 Å². The SMILES string of the molecule is CC(CCCO)NCc1ccccc1Cl. The van der Waals surface area contributed by atoms with Crippen molar-refractivity contribution in [2.24, 2.45) is 0 Å². The van der Waals surface area contributed by atoms with Crippen LogP contribution in [-0.4, -0.2) is 17.8 Å². The summed E-state index contributed by atoms with van der Waals surface area (Å²) in [6.07, 6.45) is 1.83. The average Bonchev–Trinajstić information content (AvgIpc) is 2.25. The minimum atomic E-state index is 0.262. The van der Waals surface area contributed by atoms with Crippen LogP contribution >= 0.6 is 11.6 Å². The third kappa shape index (κ3) is 4.65. The van der Waals surface area contributed by atoms with E-state index in [4.69, 9.17) is 16.7 Å². The van der Waals surface area contributed by atoms with Crippen LogP contribution < -0.4 is 5.32 Å². The summed E-state index contributed by atoms with van der Waals surface area (Å²) >= 11 is 6.03. The van der Waals surface area contributed by atoms with E-state index in [0.717, 1.165) is 30.0 Å². The van der Waals surface area contributed by atoms with Crippen LogP contribution in [0.4, 0.5) is 0 Å². The molecule has 1 rings (SSSR count). The summed E-state index contributed by atoms with van der Waals surface area (Å²) in [6, 6.07) is 8.25. The van der Waals surface area contributed by atoms with Gasteiger partial charge in [0.15, 0.2) is 0 Å². The molecular formula is C12H18ClNO. The maximum atomic E-state index is 8.70. The van der Waals surface area contributed by atoms with E-state index in [0.29, 0.717) is 6.04 Å². The Morgan fingerprint density at radius 3 is 2.80 bits per heavy atom. The van der Waals surface area contributed by atoms with E-state index in [1.165, 1.54) is 0 Å². The number of hydrogen-bond donors (Lipinski definition) is 2. The van der Waals surface area contributed by atoms with Crippen LogP contribution in [0.25, 0.3) is 0 Å². The predicted octanol–water partition coefficient (Wildman–Crippen LogP) is 2.59. The van der Waals surface area contributed by atoms with Gasteiger partial charge in [-0.2, -0.15) is 0 Å². The van der Waals surface area contributed by atoms with Gasteiger partial charge >= 0.3 is 0 Å². The molecule has 3 heteroatoms. The van der Waals surface area contributed by atoms with Gasteiger partial charge in [-0.15, -0.1) is 0 Å². The van der Waals surface area contributed by atoms with Gasteiger partial charge in [0.2, 0.25) is 0 Å². The first-order chi connectivity index (χ1) is 7.24. The molecule has 0 heterocycles. The van der Waals surface area contributed by atoms with Crippen LogP contribution in [0.15, 0.2) is 24.3 Å². The highest BCUT2D eigenvalue weighted by atomic mass is 35.5. The minimum absolute atomic E-state index is 0.262. The second kappa shape index (κ2) is 6.83. The number of benzene rings is 1. The van der Waals surface area contributed by atoms with Crippen molar-refractivity contribution in [3.63, 3.8) is 0 Å². The molecule has 0 radical (unpaired) electrons. The number of rotatable bonds is 6. The van der Waals surface area contributed by atoms with Crippen molar-refractivity contribution in [1.82, 2.24) is 5.32 Å². The van der Waals surface area contributed by atoms with E-state index >= 15 is 0 Å². The van der Waals surface area contributed by atoms with Crippen molar-refractivity contribution >= 4 is 11.6 Å². The zero-order chi connectivity index (χ0) is 11.1. The Labute approximate surface area is 96.3 Å². The third-order valence-electron chi connectivity index (χ3n) is 2.39. The van der Waals surface area contributed by atoms with Gasteiger partial charge in [-0.25, -0.2) is 0 Å². The Morgan fingerprint density at radius 2 is 2.13 bits per heavy atom. The standard InChI is InChI=1S/C12H18ClNO/c1-10(5-4-8-15)14-9-11-6-2-3-7-12(11)13/h2-3,6-7,10,14-15H,4-5,8-9H2,1H3. The van der Waals surface area contributed by atoms with Gasteiger partial charge in [0, 0.05) is 24.2 Å². The summed E-state index contributed by atoms with van der Waals surface area (Å²) in [5.41, 5.74) is 1.12. The molecule has 0 saturated carbocycles. The van der Waals surface area contributed by atoms with Gasteiger partial charge in [-0.05, 0) is 31.4 Å². The van der Waals surface area contributed by atoms with Gasteiger partial charge < -0.3 is 10.4 Å². The van der Waals surface area contributed by atoms with Crippen molar-refractivity contribution in [2.45, 2.75) is 32.4 Å². The van der Waals surface area contributed by atoms with Crippen molar-refractivity contribution in [2.75, 3.05) is 6.61 Å². The van der Waals surface area contributed by atoms with Crippen LogP contribution in [0.1, 0.15) is 25.3 Å². The molecule has 0 amide bonds. The van der Waals surface area contributed by atoms with Gasteiger partial charge in [0.05, 0.1) is 0 Å². The van der Waals surface area contributed by atoms with Gasteiger partial charge in [0.25, 0.3) is 0 Å². The Kier molecular flexibility index (Phi) is 5.69. The third-order valence-corrected chi connectivity index (χ3v) is 2.76. The molecule has 0 aromatic heterocycles. The summed E-state index contributed by atoms with van der Waals surface area (Å²) in [4.78, 5) is 0. The number of hydrogen-bond acceptors (Lipinski definition) is 2. The molecule has 1 aromatic rings. The fourth-order valence-electron chi connectivity index (χ4n) is 1.43. The summed E-state index contributed by atoms with van der Waals surface area (Å²) in [5, 5.41) is 12.9. The zero-order valence-electron chi connectivity index (χ0n) is 9.04. The first kappa shape index (κ1) is 12.5. The molecule has 0 spiro atoms. The molecule has 0 bridgehead atoms. The number of aliphatic hydroxyl groups is 1. The smallest absolute Gasteiger partial charge is 0.0450 e. The van der Waals surface area contributed by atoms with Gasteiger partial charge in [-0.3, -0.25) is 0 Å².